The lowest BCUT2D eigenvalue weighted by molar-refractivity contribution is 0.0625. The minimum Gasteiger partial charge on any atom is -0.496 e. The number of aryl methyl sites for hydroxylation is 2. The lowest BCUT2D eigenvalue weighted by Gasteiger charge is -2.37. The summed E-state index contributed by atoms with van der Waals surface area (Å²) in [7, 11) is 1.67. The number of hydrogen-bond acceptors (Lipinski definition) is 3. The van der Waals surface area contributed by atoms with Crippen molar-refractivity contribution in [2.75, 3.05) is 26.7 Å². The van der Waals surface area contributed by atoms with Crippen LogP contribution in [-0.2, 0) is 0 Å². The number of ether oxygens (including phenoxy) is 1. The summed E-state index contributed by atoms with van der Waals surface area (Å²) in [5.41, 5.74) is 3.72. The Morgan fingerprint density at radius 1 is 1.29 bits per heavy atom. The molecule has 1 aromatic carbocycles. The predicted octanol–water partition coefficient (Wildman–Crippen LogP) is 2.85. The summed E-state index contributed by atoms with van der Waals surface area (Å²) >= 11 is 0. The molecule has 5 nitrogen and oxygen atoms in total. The van der Waals surface area contributed by atoms with Crippen LogP contribution < -0.4 is 10.1 Å². The van der Waals surface area contributed by atoms with E-state index in [-0.39, 0.29) is 24.4 Å². The fourth-order valence-electron chi connectivity index (χ4n) is 3.26. The number of benzene rings is 1. The molecule has 1 fully saturated rings. The van der Waals surface area contributed by atoms with Gasteiger partial charge in [0.15, 0.2) is 0 Å². The number of amides is 1. The van der Waals surface area contributed by atoms with Crippen LogP contribution >= 0.6 is 12.4 Å². The molecule has 0 saturated carbocycles. The molecule has 0 aliphatic carbocycles. The number of methoxy groups -OCH3 is 1. The van der Waals surface area contributed by atoms with Crippen LogP contribution in [0.5, 0.6) is 5.75 Å². The molecule has 130 valence electrons. The minimum absolute atomic E-state index is 0. The molecule has 24 heavy (non-hydrogen) atoms. The van der Waals surface area contributed by atoms with Gasteiger partial charge in [0.05, 0.1) is 13.2 Å². The standard InChI is InChI=1S/C18H23N3O2.ClH/c1-12-10-13(2)20-17(12)18(22)21-9-8-19-11-15(21)14-6-4-5-7-16(14)23-3;/h4-7,10,15,19-20H,8-9,11H2,1-3H3;1H. The third kappa shape index (κ3) is 3.42. The van der Waals surface area contributed by atoms with E-state index in [0.717, 1.165) is 35.7 Å². The zero-order valence-corrected chi connectivity index (χ0v) is 15.1. The predicted molar refractivity (Wildman–Crippen MR) is 97.2 cm³/mol. The van der Waals surface area contributed by atoms with E-state index in [9.17, 15) is 4.79 Å². The molecule has 0 spiro atoms. The largest absolute Gasteiger partial charge is 0.496 e. The number of carbonyl (C=O) groups is 1. The first-order chi connectivity index (χ1) is 11.1. The van der Waals surface area contributed by atoms with Gasteiger partial charge in [-0.05, 0) is 31.5 Å². The molecule has 1 amide bonds. The van der Waals surface area contributed by atoms with Crippen molar-refractivity contribution in [3.05, 3.63) is 52.8 Å². The Bertz CT molecular complexity index is 714. The van der Waals surface area contributed by atoms with Crippen LogP contribution in [0.25, 0.3) is 0 Å². The summed E-state index contributed by atoms with van der Waals surface area (Å²) in [5, 5.41) is 3.38. The molecule has 1 aliphatic rings. The molecule has 0 radical (unpaired) electrons. The van der Waals surface area contributed by atoms with Crippen molar-refractivity contribution in [3.63, 3.8) is 0 Å². The Labute approximate surface area is 148 Å². The summed E-state index contributed by atoms with van der Waals surface area (Å²) in [4.78, 5) is 18.2. The zero-order valence-electron chi connectivity index (χ0n) is 14.3. The van der Waals surface area contributed by atoms with E-state index in [0.29, 0.717) is 12.2 Å². The minimum atomic E-state index is -0.0320. The average Bonchev–Trinajstić information content (AvgIpc) is 2.92. The number of rotatable bonds is 3. The van der Waals surface area contributed by atoms with Gasteiger partial charge in [0.2, 0.25) is 0 Å². The zero-order chi connectivity index (χ0) is 16.4. The first kappa shape index (κ1) is 18.4. The molecule has 2 aromatic rings. The third-order valence-corrected chi connectivity index (χ3v) is 4.37. The first-order valence-corrected chi connectivity index (χ1v) is 7.92. The molecule has 2 heterocycles. The topological polar surface area (TPSA) is 57.4 Å². The summed E-state index contributed by atoms with van der Waals surface area (Å²) in [6.45, 7) is 6.15. The Hall–Kier alpha value is -1.98. The van der Waals surface area contributed by atoms with Gasteiger partial charge < -0.3 is 19.9 Å². The van der Waals surface area contributed by atoms with Crippen LogP contribution in [0, 0.1) is 13.8 Å². The van der Waals surface area contributed by atoms with Crippen molar-refractivity contribution >= 4 is 18.3 Å². The molecule has 1 unspecified atom stereocenters. The van der Waals surface area contributed by atoms with Crippen molar-refractivity contribution in [2.45, 2.75) is 19.9 Å². The Morgan fingerprint density at radius 2 is 2.04 bits per heavy atom. The highest BCUT2D eigenvalue weighted by atomic mass is 35.5. The second-order valence-corrected chi connectivity index (χ2v) is 5.97. The van der Waals surface area contributed by atoms with E-state index in [4.69, 9.17) is 4.74 Å². The molecule has 1 aromatic heterocycles. The molecule has 2 N–H and O–H groups in total. The summed E-state index contributed by atoms with van der Waals surface area (Å²) in [6, 6.07) is 9.88. The SMILES string of the molecule is COc1ccccc1C1CNCCN1C(=O)c1[nH]c(C)cc1C.Cl. The van der Waals surface area contributed by atoms with Crippen molar-refractivity contribution in [3.8, 4) is 5.75 Å². The summed E-state index contributed by atoms with van der Waals surface area (Å²) in [5.74, 6) is 0.867. The van der Waals surface area contributed by atoms with Crippen LogP contribution in [-0.4, -0.2) is 42.5 Å². The number of aromatic amines is 1. The number of nitrogens with zero attached hydrogens (tertiary/aromatic N) is 1. The Kier molecular flexibility index (Phi) is 5.91. The number of para-hydroxylation sites is 1. The number of halogens is 1. The van der Waals surface area contributed by atoms with Gasteiger partial charge in [-0.2, -0.15) is 0 Å². The molecule has 6 heteroatoms. The van der Waals surface area contributed by atoms with Gasteiger partial charge in [-0.25, -0.2) is 0 Å². The average molecular weight is 350 g/mol. The van der Waals surface area contributed by atoms with Gasteiger partial charge in [-0.1, -0.05) is 18.2 Å². The van der Waals surface area contributed by atoms with Crippen LogP contribution in [0.3, 0.4) is 0 Å². The molecule has 1 atom stereocenters. The van der Waals surface area contributed by atoms with E-state index >= 15 is 0 Å². The molecule has 0 bridgehead atoms. The number of hydrogen-bond donors (Lipinski definition) is 2. The molecular weight excluding hydrogens is 326 g/mol. The van der Waals surface area contributed by atoms with E-state index < -0.39 is 0 Å². The Morgan fingerprint density at radius 3 is 2.71 bits per heavy atom. The third-order valence-electron chi connectivity index (χ3n) is 4.37. The maximum Gasteiger partial charge on any atom is 0.271 e. The van der Waals surface area contributed by atoms with Crippen LogP contribution in [0.4, 0.5) is 0 Å². The van der Waals surface area contributed by atoms with Crippen molar-refractivity contribution < 1.29 is 9.53 Å². The second kappa shape index (κ2) is 7.73. The van der Waals surface area contributed by atoms with Gasteiger partial charge in [-0.15, -0.1) is 12.4 Å². The molecular formula is C18H24ClN3O2. The van der Waals surface area contributed by atoms with Gasteiger partial charge >= 0.3 is 0 Å². The highest BCUT2D eigenvalue weighted by Crippen LogP contribution is 2.31. The van der Waals surface area contributed by atoms with Crippen molar-refractivity contribution in [1.82, 2.24) is 15.2 Å². The van der Waals surface area contributed by atoms with Gasteiger partial charge in [0, 0.05) is 30.9 Å². The van der Waals surface area contributed by atoms with Crippen molar-refractivity contribution in [2.24, 2.45) is 0 Å². The molecule has 1 saturated heterocycles. The van der Waals surface area contributed by atoms with E-state index in [2.05, 4.69) is 10.3 Å². The maximum atomic E-state index is 13.0. The normalized spacial score (nSPS) is 17.3. The highest BCUT2D eigenvalue weighted by Gasteiger charge is 2.31. The number of H-pyrrole nitrogens is 1. The number of carbonyl (C=O) groups excluding carboxylic acids is 1. The van der Waals surface area contributed by atoms with E-state index in [1.54, 1.807) is 7.11 Å². The fourth-order valence-corrected chi connectivity index (χ4v) is 3.26. The maximum absolute atomic E-state index is 13.0. The molecule has 3 rings (SSSR count). The lowest BCUT2D eigenvalue weighted by Crippen LogP contribution is -2.49. The van der Waals surface area contributed by atoms with Crippen LogP contribution in [0.15, 0.2) is 30.3 Å². The molecule has 1 aliphatic heterocycles. The highest BCUT2D eigenvalue weighted by molar-refractivity contribution is 5.94. The van der Waals surface area contributed by atoms with Gasteiger partial charge in [0.25, 0.3) is 5.91 Å². The number of aromatic nitrogens is 1. The fraction of sp³-hybridized carbons (Fsp3) is 0.389. The number of nitrogens with one attached hydrogen (secondary N) is 2. The van der Waals surface area contributed by atoms with Crippen LogP contribution in [0.2, 0.25) is 0 Å². The second-order valence-electron chi connectivity index (χ2n) is 5.97. The number of piperazine rings is 1. The van der Waals surface area contributed by atoms with Gasteiger partial charge in [0.1, 0.15) is 11.4 Å². The smallest absolute Gasteiger partial charge is 0.271 e. The van der Waals surface area contributed by atoms with Crippen LogP contribution in [0.1, 0.15) is 33.4 Å². The van der Waals surface area contributed by atoms with Crippen molar-refractivity contribution in [1.29, 1.82) is 0 Å². The summed E-state index contributed by atoms with van der Waals surface area (Å²) in [6.07, 6.45) is 0. The van der Waals surface area contributed by atoms with E-state index in [1.165, 1.54) is 0 Å². The van der Waals surface area contributed by atoms with Gasteiger partial charge in [-0.3, -0.25) is 4.79 Å². The lowest BCUT2D eigenvalue weighted by atomic mass is 10.0. The monoisotopic (exact) mass is 349 g/mol. The van der Waals surface area contributed by atoms with E-state index in [1.807, 2.05) is 49.1 Å². The first-order valence-electron chi connectivity index (χ1n) is 7.92. The quantitative estimate of drug-likeness (QED) is 0.895. The Balaban J connectivity index is 0.00000208. The summed E-state index contributed by atoms with van der Waals surface area (Å²) < 4.78 is 5.49.